The molecule has 2 radical (unpaired) electrons. The van der Waals surface area contributed by atoms with Gasteiger partial charge in [-0.05, 0) is 31.0 Å². The van der Waals surface area contributed by atoms with E-state index in [1.165, 1.54) is 0 Å². The summed E-state index contributed by atoms with van der Waals surface area (Å²) in [4.78, 5) is 30.0. The number of imide groups is 1. The Hall–Kier alpha value is -2.36. The van der Waals surface area contributed by atoms with Crippen LogP contribution in [0.2, 0.25) is 5.04 Å². The average molecular weight is 401 g/mol. The van der Waals surface area contributed by atoms with Crippen molar-refractivity contribution < 1.29 is 18.9 Å². The van der Waals surface area contributed by atoms with Gasteiger partial charge in [-0.15, -0.1) is 10.2 Å². The molecule has 0 saturated carbocycles. The second-order valence-corrected chi connectivity index (χ2v) is 10.0. The van der Waals surface area contributed by atoms with Crippen molar-refractivity contribution in [3.8, 4) is 0 Å². The Bertz CT molecular complexity index is 853. The van der Waals surface area contributed by atoms with Crippen LogP contribution in [-0.4, -0.2) is 48.2 Å². The highest BCUT2D eigenvalue weighted by Gasteiger charge is 2.36. The highest BCUT2D eigenvalue weighted by atomic mass is 28.2. The van der Waals surface area contributed by atoms with Gasteiger partial charge in [-0.25, -0.2) is 4.68 Å². The highest BCUT2D eigenvalue weighted by Crippen LogP contribution is 2.28. The lowest BCUT2D eigenvalue weighted by molar-refractivity contribution is -0.0941. The smallest absolute Gasteiger partial charge is 0.285 e. The minimum atomic E-state index is -0.562. The molecule has 8 nitrogen and oxygen atoms in total. The third-order valence-corrected chi connectivity index (χ3v) is 5.29. The fourth-order valence-electron chi connectivity index (χ4n) is 2.53. The summed E-state index contributed by atoms with van der Waals surface area (Å²) in [6.45, 7) is 10.7. The zero-order valence-electron chi connectivity index (χ0n) is 16.7. The number of nitrogens with zero attached hydrogens (tertiary/aromatic N) is 4. The maximum atomic E-state index is 12.3. The van der Waals surface area contributed by atoms with Gasteiger partial charge in [-0.2, -0.15) is 0 Å². The Morgan fingerprint density at radius 1 is 1.04 bits per heavy atom. The first-order valence-electron chi connectivity index (χ1n) is 9.05. The third kappa shape index (κ3) is 4.37. The summed E-state index contributed by atoms with van der Waals surface area (Å²) in [5.41, 5.74) is 0.862. The molecule has 0 fully saturated rings. The Kier molecular flexibility index (Phi) is 5.51. The van der Waals surface area contributed by atoms with Gasteiger partial charge in [-0.1, -0.05) is 38.1 Å². The van der Waals surface area contributed by atoms with E-state index >= 15 is 0 Å². The molecule has 2 aromatic rings. The Morgan fingerprint density at radius 3 is 2.21 bits per heavy atom. The van der Waals surface area contributed by atoms with Crippen molar-refractivity contribution in [2.75, 3.05) is 6.61 Å². The van der Waals surface area contributed by atoms with Gasteiger partial charge in [0.15, 0.2) is 0 Å². The summed E-state index contributed by atoms with van der Waals surface area (Å²) in [6.07, 6.45) is 1.79. The van der Waals surface area contributed by atoms with Crippen LogP contribution in [0.4, 0.5) is 0 Å². The van der Waals surface area contributed by atoms with Crippen molar-refractivity contribution in [2.24, 2.45) is 0 Å². The number of carbonyl (C=O) groups is 2. The summed E-state index contributed by atoms with van der Waals surface area (Å²) in [5.74, 6) is -0.893. The van der Waals surface area contributed by atoms with E-state index in [0.29, 0.717) is 33.1 Å². The summed E-state index contributed by atoms with van der Waals surface area (Å²) >= 11 is 0. The van der Waals surface area contributed by atoms with Gasteiger partial charge in [0.2, 0.25) is 9.76 Å². The topological polar surface area (TPSA) is 86.5 Å². The Morgan fingerprint density at radius 2 is 1.64 bits per heavy atom. The molecule has 0 N–H and O–H groups in total. The number of fused-ring (bicyclic) bond motifs is 1. The van der Waals surface area contributed by atoms with Crippen molar-refractivity contribution >= 4 is 21.6 Å². The van der Waals surface area contributed by atoms with E-state index in [2.05, 4.69) is 31.1 Å². The van der Waals surface area contributed by atoms with Gasteiger partial charge < -0.3 is 4.43 Å². The first kappa shape index (κ1) is 20.4. The monoisotopic (exact) mass is 400 g/mol. The summed E-state index contributed by atoms with van der Waals surface area (Å²) in [5, 5.41) is 9.16. The molecule has 2 amide bonds. The van der Waals surface area contributed by atoms with E-state index in [1.54, 1.807) is 35.1 Å². The van der Waals surface area contributed by atoms with Crippen LogP contribution in [0.5, 0.6) is 0 Å². The molecule has 0 unspecified atom stereocenters. The van der Waals surface area contributed by atoms with Crippen molar-refractivity contribution in [3.05, 3.63) is 47.3 Å². The van der Waals surface area contributed by atoms with Gasteiger partial charge in [0.05, 0.1) is 36.1 Å². The molecule has 9 heteroatoms. The molecule has 3 rings (SSSR count). The second-order valence-electron chi connectivity index (χ2n) is 8.11. The number of hydrogen-bond acceptors (Lipinski definition) is 6. The fraction of sp³-hybridized carbons (Fsp3) is 0.474. The zero-order chi connectivity index (χ0) is 20.5. The van der Waals surface area contributed by atoms with Crippen molar-refractivity contribution in [3.63, 3.8) is 0 Å². The molecule has 1 aliphatic rings. The summed E-state index contributed by atoms with van der Waals surface area (Å²) in [6, 6.07) is 6.66. The van der Waals surface area contributed by atoms with E-state index in [-0.39, 0.29) is 11.6 Å². The lowest BCUT2D eigenvalue weighted by Gasteiger charge is -2.27. The van der Waals surface area contributed by atoms with Gasteiger partial charge in [0.25, 0.3) is 11.8 Å². The number of amides is 2. The van der Waals surface area contributed by atoms with Crippen LogP contribution < -0.4 is 0 Å². The van der Waals surface area contributed by atoms with Crippen LogP contribution in [-0.2, 0) is 21.4 Å². The minimum Gasteiger partial charge on any atom is -0.406 e. The zero-order valence-corrected chi connectivity index (χ0v) is 17.7. The van der Waals surface area contributed by atoms with E-state index in [1.807, 2.05) is 13.8 Å². The van der Waals surface area contributed by atoms with Gasteiger partial charge in [-0.3, -0.25) is 14.4 Å². The molecule has 0 spiro atoms. The molecular weight excluding hydrogens is 376 g/mol. The van der Waals surface area contributed by atoms with Crippen LogP contribution in [0, 0.1) is 0 Å². The van der Waals surface area contributed by atoms with Crippen molar-refractivity contribution in [1.29, 1.82) is 0 Å². The molecule has 0 atom stereocenters. The van der Waals surface area contributed by atoms with Crippen LogP contribution in [0.25, 0.3) is 0 Å². The SMILES string of the molecule is CC(C)(C)[Si]OC(C)(C)c1cn(CCON2C(=O)c3ccccc3C2=O)nn1. The lowest BCUT2D eigenvalue weighted by Crippen LogP contribution is -2.31. The second kappa shape index (κ2) is 7.57. The van der Waals surface area contributed by atoms with E-state index in [9.17, 15) is 9.59 Å². The maximum Gasteiger partial charge on any atom is 0.285 e. The van der Waals surface area contributed by atoms with Crippen LogP contribution in [0.15, 0.2) is 30.5 Å². The summed E-state index contributed by atoms with van der Waals surface area (Å²) in [7, 11) is 0.327. The van der Waals surface area contributed by atoms with Gasteiger partial charge >= 0.3 is 0 Å². The Balaban J connectivity index is 1.56. The number of carbonyl (C=O) groups excluding carboxylic acids is 2. The number of rotatable bonds is 7. The third-order valence-electron chi connectivity index (χ3n) is 4.07. The first-order chi connectivity index (χ1) is 13.1. The van der Waals surface area contributed by atoms with Crippen LogP contribution in [0.1, 0.15) is 61.0 Å². The van der Waals surface area contributed by atoms with E-state index in [0.717, 1.165) is 5.06 Å². The predicted molar refractivity (Wildman–Crippen MR) is 102 cm³/mol. The maximum absolute atomic E-state index is 12.3. The predicted octanol–water partition coefficient (Wildman–Crippen LogP) is 2.60. The quantitative estimate of drug-likeness (QED) is 0.524. The van der Waals surface area contributed by atoms with E-state index in [4.69, 9.17) is 9.26 Å². The van der Waals surface area contributed by atoms with Crippen LogP contribution in [0.3, 0.4) is 0 Å². The number of hydrogen-bond donors (Lipinski definition) is 0. The molecule has 1 aliphatic heterocycles. The lowest BCUT2D eigenvalue weighted by atomic mass is 10.1. The average Bonchev–Trinajstić information content (AvgIpc) is 3.20. The van der Waals surface area contributed by atoms with E-state index < -0.39 is 17.4 Å². The standard InChI is InChI=1S/C19H24N4O4Si/c1-18(2,3)28-27-19(4,5)15-12-22(21-20-15)10-11-26-23-16(24)13-8-6-7-9-14(13)17(23)25/h6-9,12H,10-11H2,1-5H3. The number of aromatic nitrogens is 3. The molecule has 0 aliphatic carbocycles. The minimum absolute atomic E-state index is 0.0769. The Labute approximate surface area is 166 Å². The molecule has 148 valence electrons. The van der Waals surface area contributed by atoms with Crippen LogP contribution >= 0.6 is 0 Å². The number of hydroxylamine groups is 2. The molecule has 1 aromatic heterocycles. The molecule has 0 bridgehead atoms. The van der Waals surface area contributed by atoms with Crippen molar-refractivity contribution in [2.45, 2.75) is 51.8 Å². The molecule has 0 saturated heterocycles. The largest absolute Gasteiger partial charge is 0.406 e. The molecule has 2 heterocycles. The first-order valence-corrected chi connectivity index (χ1v) is 9.96. The molecule has 28 heavy (non-hydrogen) atoms. The molecule has 1 aromatic carbocycles. The molecular formula is C19H24N4O4Si. The van der Waals surface area contributed by atoms with Gasteiger partial charge in [0.1, 0.15) is 5.69 Å². The summed E-state index contributed by atoms with van der Waals surface area (Å²) < 4.78 is 7.64. The normalized spacial score (nSPS) is 14.7. The van der Waals surface area contributed by atoms with Gasteiger partial charge in [0, 0.05) is 0 Å². The highest BCUT2D eigenvalue weighted by molar-refractivity contribution is 6.31. The van der Waals surface area contributed by atoms with Crippen molar-refractivity contribution in [1.82, 2.24) is 20.1 Å². The fourth-order valence-corrected chi connectivity index (χ4v) is 3.19. The number of benzene rings is 1.